The van der Waals surface area contributed by atoms with Crippen LogP contribution in [-0.2, 0) is 4.79 Å². The van der Waals surface area contributed by atoms with Crippen molar-refractivity contribution in [2.45, 2.75) is 26.8 Å². The highest BCUT2D eigenvalue weighted by Crippen LogP contribution is 2.30. The van der Waals surface area contributed by atoms with Crippen LogP contribution in [0.2, 0.25) is 0 Å². The van der Waals surface area contributed by atoms with Crippen LogP contribution in [0, 0.1) is 35.6 Å². The Hall–Kier alpha value is -2.87. The highest BCUT2D eigenvalue weighted by Gasteiger charge is 2.20. The first-order chi connectivity index (χ1) is 12.2. The smallest absolute Gasteiger partial charge is 0.293 e. The van der Waals surface area contributed by atoms with Crippen molar-refractivity contribution >= 4 is 17.3 Å². The van der Waals surface area contributed by atoms with E-state index in [2.05, 4.69) is 10.6 Å². The van der Waals surface area contributed by atoms with Crippen LogP contribution in [0.5, 0.6) is 0 Å². The van der Waals surface area contributed by atoms with Crippen LogP contribution >= 0.6 is 0 Å². The van der Waals surface area contributed by atoms with Crippen molar-refractivity contribution in [2.75, 3.05) is 11.9 Å². The topological polar surface area (TPSA) is 84.3 Å². The molecule has 0 aliphatic heterocycles. The van der Waals surface area contributed by atoms with Gasteiger partial charge < -0.3 is 10.6 Å². The molecule has 8 heteroatoms. The van der Waals surface area contributed by atoms with Crippen LogP contribution < -0.4 is 10.6 Å². The first-order valence-corrected chi connectivity index (χ1v) is 7.93. The van der Waals surface area contributed by atoms with Gasteiger partial charge in [0.2, 0.25) is 5.91 Å². The van der Waals surface area contributed by atoms with Crippen LogP contribution in [0.4, 0.5) is 20.2 Å². The molecular formula is C18H19F2N3O3. The number of halogens is 2. The number of nitrogens with zero attached hydrogens (tertiary/aromatic N) is 1. The average molecular weight is 363 g/mol. The molecule has 0 heterocycles. The molecule has 26 heavy (non-hydrogen) atoms. The molecule has 0 aliphatic rings. The lowest BCUT2D eigenvalue weighted by molar-refractivity contribution is -0.384. The van der Waals surface area contributed by atoms with Gasteiger partial charge in [0.1, 0.15) is 17.3 Å². The van der Waals surface area contributed by atoms with E-state index in [9.17, 15) is 23.7 Å². The largest absolute Gasteiger partial charge is 0.319 e. The summed E-state index contributed by atoms with van der Waals surface area (Å²) in [6.45, 7) is 4.90. The number of nitro benzene ring substituents is 1. The van der Waals surface area contributed by atoms with E-state index >= 15 is 0 Å². The summed E-state index contributed by atoms with van der Waals surface area (Å²) in [6.07, 6.45) is 0. The minimum atomic E-state index is -0.712. The van der Waals surface area contributed by atoms with Gasteiger partial charge in [0.05, 0.1) is 11.5 Å². The van der Waals surface area contributed by atoms with Gasteiger partial charge in [0.15, 0.2) is 0 Å². The van der Waals surface area contributed by atoms with Gasteiger partial charge in [-0.05, 0) is 38.0 Å². The van der Waals surface area contributed by atoms with E-state index in [0.29, 0.717) is 5.56 Å². The SMILES string of the molecule is Cc1ccc([N+](=O)[O-])c(NC(=O)CN[C@@H](C)c2ccc(F)cc2F)c1C. The summed E-state index contributed by atoms with van der Waals surface area (Å²) in [7, 11) is 0. The maximum atomic E-state index is 13.8. The van der Waals surface area contributed by atoms with E-state index in [1.54, 1.807) is 26.8 Å². The summed E-state index contributed by atoms with van der Waals surface area (Å²) in [5.74, 6) is -1.90. The number of aryl methyl sites for hydroxylation is 1. The highest BCUT2D eigenvalue weighted by molar-refractivity contribution is 5.95. The van der Waals surface area contributed by atoms with Gasteiger partial charge >= 0.3 is 0 Å². The van der Waals surface area contributed by atoms with Crippen molar-refractivity contribution in [2.24, 2.45) is 0 Å². The fourth-order valence-electron chi connectivity index (χ4n) is 2.50. The molecule has 1 atom stereocenters. The summed E-state index contributed by atoms with van der Waals surface area (Å²) in [5, 5.41) is 16.5. The van der Waals surface area contributed by atoms with Gasteiger partial charge in [0.25, 0.3) is 5.69 Å². The van der Waals surface area contributed by atoms with Gasteiger partial charge in [-0.25, -0.2) is 8.78 Å². The molecular weight excluding hydrogens is 344 g/mol. The van der Waals surface area contributed by atoms with Crippen LogP contribution in [0.3, 0.4) is 0 Å². The Kier molecular flexibility index (Phi) is 5.99. The standard InChI is InChI=1S/C18H19F2N3O3/c1-10-4-7-16(23(25)26)18(11(10)2)22-17(24)9-21-12(3)14-6-5-13(19)8-15(14)20/h4-8,12,21H,9H2,1-3H3,(H,22,24)/t12-/m0/s1. The Morgan fingerprint density at radius 1 is 1.23 bits per heavy atom. The van der Waals surface area contributed by atoms with Crippen molar-refractivity contribution in [3.63, 3.8) is 0 Å². The molecule has 2 N–H and O–H groups in total. The molecule has 0 aromatic heterocycles. The van der Waals surface area contributed by atoms with Crippen molar-refractivity contribution in [3.8, 4) is 0 Å². The zero-order valence-corrected chi connectivity index (χ0v) is 14.6. The van der Waals surface area contributed by atoms with E-state index < -0.39 is 28.5 Å². The molecule has 6 nitrogen and oxygen atoms in total. The number of amides is 1. The van der Waals surface area contributed by atoms with Crippen molar-refractivity contribution in [1.29, 1.82) is 0 Å². The molecule has 0 fully saturated rings. The number of nitro groups is 1. The van der Waals surface area contributed by atoms with E-state index in [4.69, 9.17) is 0 Å². The van der Waals surface area contributed by atoms with Gasteiger partial charge in [-0.3, -0.25) is 14.9 Å². The normalized spacial score (nSPS) is 11.9. The number of nitrogens with one attached hydrogen (secondary N) is 2. The quantitative estimate of drug-likeness (QED) is 0.604. The van der Waals surface area contributed by atoms with E-state index in [1.165, 1.54) is 12.1 Å². The Morgan fingerprint density at radius 2 is 1.92 bits per heavy atom. The third kappa shape index (κ3) is 4.40. The molecule has 0 radical (unpaired) electrons. The molecule has 0 saturated heterocycles. The molecule has 0 unspecified atom stereocenters. The minimum absolute atomic E-state index is 0.141. The van der Waals surface area contributed by atoms with Crippen LogP contribution in [0.25, 0.3) is 0 Å². The van der Waals surface area contributed by atoms with Crippen LogP contribution in [0.1, 0.15) is 29.7 Å². The highest BCUT2D eigenvalue weighted by atomic mass is 19.1. The summed E-state index contributed by atoms with van der Waals surface area (Å²) >= 11 is 0. The van der Waals surface area contributed by atoms with Gasteiger partial charge in [0, 0.05) is 23.7 Å². The Bertz CT molecular complexity index is 856. The summed E-state index contributed by atoms with van der Waals surface area (Å²) in [4.78, 5) is 22.8. The Balaban J connectivity index is 2.08. The predicted octanol–water partition coefficient (Wildman–Crippen LogP) is 3.78. The van der Waals surface area contributed by atoms with E-state index in [1.807, 2.05) is 0 Å². The number of hydrogen-bond donors (Lipinski definition) is 2. The molecule has 2 aromatic rings. The Morgan fingerprint density at radius 3 is 2.54 bits per heavy atom. The monoisotopic (exact) mass is 363 g/mol. The van der Waals surface area contributed by atoms with E-state index in [0.717, 1.165) is 17.7 Å². The summed E-state index contributed by atoms with van der Waals surface area (Å²) in [6, 6.07) is 5.61. The zero-order chi connectivity index (χ0) is 19.4. The van der Waals surface area contributed by atoms with Crippen LogP contribution in [0.15, 0.2) is 30.3 Å². The zero-order valence-electron chi connectivity index (χ0n) is 14.6. The molecule has 0 saturated carbocycles. The number of rotatable bonds is 6. The summed E-state index contributed by atoms with van der Waals surface area (Å²) < 4.78 is 26.7. The molecule has 1 amide bonds. The van der Waals surface area contributed by atoms with Crippen molar-refractivity contribution < 1.29 is 18.5 Å². The third-order valence-electron chi connectivity index (χ3n) is 4.17. The second-order valence-corrected chi connectivity index (χ2v) is 5.98. The number of carbonyl (C=O) groups excluding carboxylic acids is 1. The molecule has 0 aliphatic carbocycles. The lowest BCUT2D eigenvalue weighted by Crippen LogP contribution is -2.31. The maximum absolute atomic E-state index is 13.8. The molecule has 0 bridgehead atoms. The molecule has 0 spiro atoms. The Labute approximate surface area is 149 Å². The first kappa shape index (κ1) is 19.5. The van der Waals surface area contributed by atoms with Gasteiger partial charge in [-0.1, -0.05) is 12.1 Å². The lowest BCUT2D eigenvalue weighted by atomic mass is 10.1. The second-order valence-electron chi connectivity index (χ2n) is 5.98. The fourth-order valence-corrected chi connectivity index (χ4v) is 2.50. The molecule has 138 valence electrons. The predicted molar refractivity (Wildman–Crippen MR) is 94.0 cm³/mol. The fraction of sp³-hybridized carbons (Fsp3) is 0.278. The lowest BCUT2D eigenvalue weighted by Gasteiger charge is -2.16. The second kappa shape index (κ2) is 8.01. The average Bonchev–Trinajstić information content (AvgIpc) is 2.56. The first-order valence-electron chi connectivity index (χ1n) is 7.93. The van der Waals surface area contributed by atoms with Crippen molar-refractivity contribution in [3.05, 3.63) is 68.8 Å². The number of hydrogen-bond acceptors (Lipinski definition) is 4. The minimum Gasteiger partial charge on any atom is -0.319 e. The van der Waals surface area contributed by atoms with Gasteiger partial charge in [-0.15, -0.1) is 0 Å². The number of benzene rings is 2. The van der Waals surface area contributed by atoms with Gasteiger partial charge in [-0.2, -0.15) is 0 Å². The van der Waals surface area contributed by atoms with Crippen LogP contribution in [-0.4, -0.2) is 17.4 Å². The van der Waals surface area contributed by atoms with Crippen molar-refractivity contribution in [1.82, 2.24) is 5.32 Å². The maximum Gasteiger partial charge on any atom is 0.293 e. The number of anilines is 1. The molecule has 2 rings (SSSR count). The molecule has 2 aromatic carbocycles. The van der Waals surface area contributed by atoms with E-state index in [-0.39, 0.29) is 23.5 Å². The number of carbonyl (C=O) groups is 1. The third-order valence-corrected chi connectivity index (χ3v) is 4.17. The summed E-state index contributed by atoms with van der Waals surface area (Å²) in [5.41, 5.74) is 1.57.